The van der Waals surface area contributed by atoms with Gasteiger partial charge in [0.15, 0.2) is 23.8 Å². The number of hydrogen-bond acceptors (Lipinski definition) is 19. The van der Waals surface area contributed by atoms with Crippen LogP contribution in [-0.2, 0) is 54.4 Å². The summed E-state index contributed by atoms with van der Waals surface area (Å²) in [6, 6.07) is -2.20. The average molecular weight is 1430 g/mol. The highest BCUT2D eigenvalue weighted by atomic mass is 33.1. The number of primary amides is 1. The van der Waals surface area contributed by atoms with E-state index in [0.29, 0.717) is 31.2 Å². The average Bonchev–Trinajstić information content (AvgIpc) is 1.73. The molecular weight excluding hydrogens is 1330 g/mol. The van der Waals surface area contributed by atoms with E-state index < -0.39 is 131 Å². The number of nitrogens with zero attached hydrogens (tertiary/aromatic N) is 5. The highest BCUT2D eigenvalue weighted by Crippen LogP contribution is 2.25. The molecule has 0 aliphatic carbocycles. The molecule has 2 aliphatic heterocycles. The molecule has 0 unspecified atom stereocenters. The summed E-state index contributed by atoms with van der Waals surface area (Å²) in [6.07, 6.45) is 1.13. The van der Waals surface area contributed by atoms with Crippen LogP contribution in [0.4, 0.5) is 4.79 Å². The van der Waals surface area contributed by atoms with Gasteiger partial charge in [0.2, 0.25) is 53.2 Å². The Bertz CT molecular complexity index is 3180. The van der Waals surface area contributed by atoms with Gasteiger partial charge in [0.05, 0.1) is 6.04 Å². The smallest absolute Gasteiger partial charge is 0.326 e. The van der Waals surface area contributed by atoms with Gasteiger partial charge in [-0.1, -0.05) is 64.1 Å². The van der Waals surface area contributed by atoms with Crippen LogP contribution in [0.15, 0.2) is 62.4 Å². The molecule has 0 radical (unpaired) electrons. The third-order valence-electron chi connectivity index (χ3n) is 15.7. The molecular formula is C60H99N25O12S2. The number of fused-ring (bicyclic) bond motifs is 2. The Hall–Kier alpha value is -9.63. The number of aliphatic carboxylic acids is 1. The lowest BCUT2D eigenvalue weighted by Crippen LogP contribution is -2.61. The molecule has 0 aromatic heterocycles. The number of carboxylic acids is 1. The fraction of sp³-hybridized carbons (Fsp3) is 0.583. The Morgan fingerprint density at radius 2 is 1.12 bits per heavy atom. The number of rotatable bonds is 35. The van der Waals surface area contributed by atoms with Gasteiger partial charge in [0.25, 0.3) is 0 Å². The van der Waals surface area contributed by atoms with E-state index in [1.54, 1.807) is 6.07 Å². The lowest BCUT2D eigenvalue weighted by atomic mass is 10.00. The second kappa shape index (κ2) is 43.6. The van der Waals surface area contributed by atoms with E-state index in [4.69, 9.17) is 63.1 Å². The number of nitrogens with two attached hydrogens (primary N) is 11. The van der Waals surface area contributed by atoms with Crippen LogP contribution in [0, 0.1) is 0 Å². The van der Waals surface area contributed by atoms with Crippen LogP contribution >= 0.6 is 21.6 Å². The number of urea groups is 1. The van der Waals surface area contributed by atoms with Gasteiger partial charge in [-0.25, -0.2) is 9.59 Å². The van der Waals surface area contributed by atoms with Gasteiger partial charge < -0.3 is 121 Å². The number of nitrogens with one attached hydrogen (secondary N) is 9. The van der Waals surface area contributed by atoms with E-state index in [1.165, 1.54) is 4.90 Å². The Morgan fingerprint density at radius 3 is 1.74 bits per heavy atom. The highest BCUT2D eigenvalue weighted by Gasteiger charge is 2.41. The number of carbonyl (C=O) groups excluding carboxylic acids is 10. The minimum atomic E-state index is -1.64. The molecule has 37 nitrogen and oxygen atoms in total. The molecule has 2 aliphatic rings. The number of amides is 11. The van der Waals surface area contributed by atoms with Crippen molar-refractivity contribution in [1.29, 1.82) is 0 Å². The van der Waals surface area contributed by atoms with Gasteiger partial charge in [-0.3, -0.25) is 63.1 Å². The first-order chi connectivity index (χ1) is 47.2. The molecule has 2 saturated heterocycles. The van der Waals surface area contributed by atoms with Gasteiger partial charge in [-0.05, 0) is 119 Å². The van der Waals surface area contributed by atoms with Crippen LogP contribution in [0.5, 0.6) is 0 Å². The third-order valence-corrected chi connectivity index (χ3v) is 18.2. The lowest BCUT2D eigenvalue weighted by molar-refractivity contribution is -0.143. The lowest BCUT2D eigenvalue weighted by Gasteiger charge is -2.31. The van der Waals surface area contributed by atoms with E-state index in [9.17, 15) is 48.3 Å². The van der Waals surface area contributed by atoms with Crippen molar-refractivity contribution < 1.29 is 57.8 Å². The number of aliphatic imine (C=N–C) groups is 4. The van der Waals surface area contributed by atoms with E-state index in [1.807, 2.05) is 36.4 Å². The number of hydrogen-bond donors (Lipinski definition) is 21. The fourth-order valence-electron chi connectivity index (χ4n) is 10.6. The van der Waals surface area contributed by atoms with Gasteiger partial charge in [0.1, 0.15) is 54.4 Å². The second-order valence-electron chi connectivity index (χ2n) is 23.6. The molecule has 32 N–H and O–H groups in total. The molecule has 548 valence electrons. The maximum Gasteiger partial charge on any atom is 0.326 e. The molecule has 99 heavy (non-hydrogen) atoms. The van der Waals surface area contributed by atoms with Crippen molar-refractivity contribution in [1.82, 2.24) is 52.8 Å². The van der Waals surface area contributed by atoms with Gasteiger partial charge in [-0.15, -0.1) is 0 Å². The number of benzene rings is 2. The summed E-state index contributed by atoms with van der Waals surface area (Å²) >= 11 is 0. The summed E-state index contributed by atoms with van der Waals surface area (Å²) in [5.74, 6) is -10.9. The SMILES string of the molecule is NCCCC[C@H]1NC(=O)[C@H](CCCN=C(N)N)NC(=O)[C@@H](NC(=O)[C@H](CCCN=C(N)N)NC(=O)[C@@H](Cc2ccc3ccccc3c2)NC(=O)[C@@H](N)CCCN=C(N)N)CSSC[C@@H](C(=O)N[C@@H](CCCN=C(N)N)C(=O)O)NC(=O)[C@H](CCCNC(N)=O)NC(=O)[C@@H]2CCCN2C1=O. The molecule has 10 atom stereocenters. The van der Waals surface area contributed by atoms with E-state index in [0.717, 1.165) is 32.4 Å². The number of unbranched alkanes of at least 4 members (excludes halogenated alkanes) is 1. The van der Waals surface area contributed by atoms with Crippen molar-refractivity contribution in [2.24, 2.45) is 83.0 Å². The molecule has 4 rings (SSSR count). The minimum Gasteiger partial charge on any atom is -0.480 e. The maximum atomic E-state index is 15.1. The number of guanidine groups is 4. The summed E-state index contributed by atoms with van der Waals surface area (Å²) in [4.78, 5) is 173. The number of carbonyl (C=O) groups is 11. The normalized spacial score (nSPS) is 19.8. The van der Waals surface area contributed by atoms with Gasteiger partial charge in [0, 0.05) is 57.2 Å². The van der Waals surface area contributed by atoms with Crippen LogP contribution in [0.3, 0.4) is 0 Å². The predicted octanol–water partition coefficient (Wildman–Crippen LogP) is -6.15. The van der Waals surface area contributed by atoms with Crippen molar-refractivity contribution in [3.8, 4) is 0 Å². The van der Waals surface area contributed by atoms with Crippen LogP contribution in [0.2, 0.25) is 0 Å². The summed E-state index contributed by atoms with van der Waals surface area (Å²) in [6.45, 7) is 0.320. The Balaban J connectivity index is 1.87. The molecule has 11 amide bonds. The van der Waals surface area contributed by atoms with Crippen molar-refractivity contribution in [3.63, 3.8) is 0 Å². The molecule has 2 heterocycles. The fourth-order valence-corrected chi connectivity index (χ4v) is 12.9. The van der Waals surface area contributed by atoms with Crippen LogP contribution in [0.1, 0.15) is 102 Å². The predicted molar refractivity (Wildman–Crippen MR) is 378 cm³/mol. The zero-order valence-electron chi connectivity index (χ0n) is 55.3. The van der Waals surface area contributed by atoms with E-state index in [-0.39, 0.29) is 152 Å². The van der Waals surface area contributed by atoms with E-state index >= 15 is 9.59 Å². The molecule has 2 aromatic carbocycles. The standard InChI is InChI=1S/C60H99N25O12S2/c61-22-4-3-14-40-54(94)85-28-10-19-45(85)53(93)79-39(17-8-27-76-60(71)97)49(89)84-44(52(92)81-41(55(95)96)18-9-26-75-59(69)70)32-99-98-31-43(51(91)78-37(47(87)80-40)15-6-24-73-57(65)66)83-48(88)38(16-7-25-74-58(67)68)77-50(90)42(82-46(86)36(62)13-5-23-72-56(63)64)30-33-20-21-34-11-1-2-12-35(34)29-33/h1-2,11-12,20-21,29,36-45H,3-10,13-19,22-28,30-32,61-62H2,(H,77,90)(H,78,91)(H,79,93)(H,80,87)(H,81,92)(H,82,86)(H,83,88)(H,84,89)(H,95,96)(H4,63,64,72)(H4,65,66,73)(H4,67,68,74)(H4,69,70,75)(H3,71,76,97)/t36-,37-,38-,39-,40+,41-,42+,43-,44-,45-/m0/s1. The zero-order chi connectivity index (χ0) is 73.0. The summed E-state index contributed by atoms with van der Waals surface area (Å²) in [7, 11) is 1.77. The summed E-state index contributed by atoms with van der Waals surface area (Å²) < 4.78 is 0. The van der Waals surface area contributed by atoms with Crippen LogP contribution in [-0.4, -0.2) is 217 Å². The maximum absolute atomic E-state index is 15.1. The third kappa shape index (κ3) is 30.4. The first-order valence-electron chi connectivity index (χ1n) is 32.6. The Labute approximate surface area is 581 Å². The molecule has 0 bridgehead atoms. The quantitative estimate of drug-likeness (QED) is 0.0132. The zero-order valence-corrected chi connectivity index (χ0v) is 57.0. The monoisotopic (exact) mass is 1430 g/mol. The minimum absolute atomic E-state index is 0.00371. The van der Waals surface area contributed by atoms with Gasteiger partial charge >= 0.3 is 12.0 Å². The van der Waals surface area contributed by atoms with Crippen molar-refractivity contribution in [2.45, 2.75) is 163 Å². The number of carboxylic acid groups (broad SMARTS) is 1. The molecule has 39 heteroatoms. The van der Waals surface area contributed by atoms with Crippen LogP contribution < -0.4 is 111 Å². The van der Waals surface area contributed by atoms with Crippen LogP contribution in [0.25, 0.3) is 10.8 Å². The first-order valence-corrected chi connectivity index (χ1v) is 35.0. The van der Waals surface area contributed by atoms with Crippen molar-refractivity contribution in [3.05, 3.63) is 48.0 Å². The molecule has 0 spiro atoms. The summed E-state index contributed by atoms with van der Waals surface area (Å²) in [5, 5.41) is 35.9. The topological polar surface area (TPSA) is 655 Å². The molecule has 2 aromatic rings. The largest absolute Gasteiger partial charge is 0.480 e. The molecule has 2 fully saturated rings. The van der Waals surface area contributed by atoms with Gasteiger partial charge in [-0.2, -0.15) is 0 Å². The second-order valence-corrected chi connectivity index (χ2v) is 26.1. The Morgan fingerprint density at radius 1 is 0.576 bits per heavy atom. The first kappa shape index (κ1) is 81.8. The summed E-state index contributed by atoms with van der Waals surface area (Å²) in [5.41, 5.74) is 62.6. The van der Waals surface area contributed by atoms with E-state index in [2.05, 4.69) is 67.8 Å². The highest BCUT2D eigenvalue weighted by molar-refractivity contribution is 8.76. The Kier molecular flexibility index (Phi) is 36.0. The van der Waals surface area contributed by atoms with Crippen molar-refractivity contribution in [2.75, 3.05) is 57.3 Å². The van der Waals surface area contributed by atoms with Crippen molar-refractivity contribution >= 4 is 121 Å². The molecule has 0 saturated carbocycles.